The minimum atomic E-state index is 0.501. The Morgan fingerprint density at radius 1 is 1.43 bits per heavy atom. The van der Waals surface area contributed by atoms with Crippen molar-refractivity contribution in [3.63, 3.8) is 0 Å². The van der Waals surface area contributed by atoms with Gasteiger partial charge in [-0.05, 0) is 12.1 Å². The molecule has 0 atom stereocenters. The van der Waals surface area contributed by atoms with Gasteiger partial charge in [-0.3, -0.25) is 9.78 Å². The van der Waals surface area contributed by atoms with Gasteiger partial charge in [0.05, 0.1) is 0 Å². The van der Waals surface area contributed by atoms with Crippen LogP contribution in [0.25, 0.3) is 0 Å². The molecule has 1 aliphatic heterocycles. The topological polar surface area (TPSA) is 45.2 Å². The van der Waals surface area contributed by atoms with Crippen LogP contribution in [-0.2, 0) is 0 Å². The van der Waals surface area contributed by atoms with E-state index in [1.165, 1.54) is 0 Å². The maximum atomic E-state index is 10.5. The van der Waals surface area contributed by atoms with Gasteiger partial charge in [0.25, 0.3) is 0 Å². The summed E-state index contributed by atoms with van der Waals surface area (Å²) in [7, 11) is 0. The van der Waals surface area contributed by atoms with E-state index in [1.54, 1.807) is 6.20 Å². The summed E-state index contributed by atoms with van der Waals surface area (Å²) in [5, 5.41) is 3.29. The van der Waals surface area contributed by atoms with Crippen molar-refractivity contribution in [1.29, 1.82) is 0 Å². The zero-order chi connectivity index (χ0) is 9.80. The van der Waals surface area contributed by atoms with Gasteiger partial charge in [0.1, 0.15) is 5.69 Å². The monoisotopic (exact) mass is 191 g/mol. The minimum absolute atomic E-state index is 0.501. The predicted octanol–water partition coefficient (Wildman–Crippen LogP) is 0.304. The van der Waals surface area contributed by atoms with Crippen molar-refractivity contribution in [3.8, 4) is 0 Å². The molecule has 0 radical (unpaired) electrons. The van der Waals surface area contributed by atoms with E-state index >= 15 is 0 Å². The number of aromatic nitrogens is 1. The summed E-state index contributed by atoms with van der Waals surface area (Å²) in [5.41, 5.74) is 1.59. The van der Waals surface area contributed by atoms with Gasteiger partial charge in [0, 0.05) is 38.1 Å². The Labute approximate surface area is 82.9 Å². The molecule has 0 saturated carbocycles. The highest BCUT2D eigenvalue weighted by atomic mass is 16.1. The summed E-state index contributed by atoms with van der Waals surface area (Å²) >= 11 is 0. The molecular weight excluding hydrogens is 178 g/mol. The summed E-state index contributed by atoms with van der Waals surface area (Å²) in [4.78, 5) is 16.7. The Hall–Kier alpha value is -1.42. The third-order valence-corrected chi connectivity index (χ3v) is 2.37. The van der Waals surface area contributed by atoms with Crippen LogP contribution in [0.15, 0.2) is 18.3 Å². The molecule has 0 amide bonds. The Morgan fingerprint density at radius 3 is 2.93 bits per heavy atom. The van der Waals surface area contributed by atoms with Crippen molar-refractivity contribution in [2.75, 3.05) is 31.1 Å². The van der Waals surface area contributed by atoms with Crippen LogP contribution in [-0.4, -0.2) is 37.4 Å². The smallest absolute Gasteiger partial charge is 0.168 e. The van der Waals surface area contributed by atoms with Crippen LogP contribution >= 0.6 is 0 Å². The van der Waals surface area contributed by atoms with Crippen LogP contribution in [0.4, 0.5) is 5.69 Å². The third kappa shape index (κ3) is 1.90. The number of pyridine rings is 1. The number of anilines is 1. The summed E-state index contributed by atoms with van der Waals surface area (Å²) in [6, 6.07) is 3.77. The fourth-order valence-electron chi connectivity index (χ4n) is 1.62. The van der Waals surface area contributed by atoms with E-state index < -0.39 is 0 Å². The zero-order valence-corrected chi connectivity index (χ0v) is 7.94. The van der Waals surface area contributed by atoms with Gasteiger partial charge in [-0.2, -0.15) is 0 Å². The molecule has 74 valence electrons. The van der Waals surface area contributed by atoms with Crippen LogP contribution in [0, 0.1) is 0 Å². The first-order valence-corrected chi connectivity index (χ1v) is 4.77. The quantitative estimate of drug-likeness (QED) is 0.683. The molecule has 1 aromatic rings. The molecule has 1 aromatic heterocycles. The lowest BCUT2D eigenvalue weighted by molar-refractivity contribution is 0.111. The molecule has 0 aromatic carbocycles. The molecule has 14 heavy (non-hydrogen) atoms. The first-order valence-electron chi connectivity index (χ1n) is 4.77. The van der Waals surface area contributed by atoms with Gasteiger partial charge in [0.15, 0.2) is 6.29 Å². The normalized spacial score (nSPS) is 16.7. The number of carbonyl (C=O) groups excluding carboxylic acids is 1. The highest BCUT2D eigenvalue weighted by molar-refractivity contribution is 5.74. The molecule has 1 N–H and O–H groups in total. The first-order chi connectivity index (χ1) is 6.90. The average Bonchev–Trinajstić information content (AvgIpc) is 2.30. The van der Waals surface area contributed by atoms with Crippen molar-refractivity contribution in [2.24, 2.45) is 0 Å². The van der Waals surface area contributed by atoms with Crippen LogP contribution in [0.2, 0.25) is 0 Å². The van der Waals surface area contributed by atoms with Crippen molar-refractivity contribution in [1.82, 2.24) is 10.3 Å². The second-order valence-electron chi connectivity index (χ2n) is 3.29. The number of carbonyl (C=O) groups is 1. The SMILES string of the molecule is O=Cc1cc(N2CCNCC2)ccn1. The molecule has 1 fully saturated rings. The molecule has 4 nitrogen and oxygen atoms in total. The molecule has 0 spiro atoms. The van der Waals surface area contributed by atoms with E-state index in [1.807, 2.05) is 12.1 Å². The largest absolute Gasteiger partial charge is 0.369 e. The number of rotatable bonds is 2. The average molecular weight is 191 g/mol. The Bertz CT molecular complexity index is 321. The summed E-state index contributed by atoms with van der Waals surface area (Å²) in [5.74, 6) is 0. The molecular formula is C10H13N3O. The molecule has 1 saturated heterocycles. The Morgan fingerprint density at radius 2 is 2.21 bits per heavy atom. The summed E-state index contributed by atoms with van der Waals surface area (Å²) in [6.45, 7) is 3.97. The van der Waals surface area contributed by atoms with Crippen LogP contribution in [0.3, 0.4) is 0 Å². The lowest BCUT2D eigenvalue weighted by atomic mass is 10.2. The maximum Gasteiger partial charge on any atom is 0.168 e. The van der Waals surface area contributed by atoms with Crippen molar-refractivity contribution < 1.29 is 4.79 Å². The van der Waals surface area contributed by atoms with Crippen LogP contribution < -0.4 is 10.2 Å². The van der Waals surface area contributed by atoms with Gasteiger partial charge in [-0.25, -0.2) is 0 Å². The van der Waals surface area contributed by atoms with E-state index in [0.717, 1.165) is 38.2 Å². The highest BCUT2D eigenvalue weighted by Crippen LogP contribution is 2.13. The minimum Gasteiger partial charge on any atom is -0.369 e. The number of hydrogen-bond donors (Lipinski definition) is 1. The van der Waals surface area contributed by atoms with Crippen molar-refractivity contribution >= 4 is 12.0 Å². The van der Waals surface area contributed by atoms with Crippen molar-refractivity contribution in [2.45, 2.75) is 0 Å². The van der Waals surface area contributed by atoms with E-state index in [2.05, 4.69) is 15.2 Å². The Balaban J connectivity index is 2.17. The van der Waals surface area contributed by atoms with Gasteiger partial charge in [0.2, 0.25) is 0 Å². The van der Waals surface area contributed by atoms with Crippen molar-refractivity contribution in [3.05, 3.63) is 24.0 Å². The van der Waals surface area contributed by atoms with E-state index in [0.29, 0.717) is 5.69 Å². The fraction of sp³-hybridized carbons (Fsp3) is 0.400. The highest BCUT2D eigenvalue weighted by Gasteiger charge is 2.10. The second kappa shape index (κ2) is 4.19. The van der Waals surface area contributed by atoms with Crippen LogP contribution in [0.5, 0.6) is 0 Å². The molecule has 1 aliphatic rings. The van der Waals surface area contributed by atoms with E-state index in [4.69, 9.17) is 0 Å². The number of nitrogens with zero attached hydrogens (tertiary/aromatic N) is 2. The number of piperazine rings is 1. The Kier molecular flexibility index (Phi) is 2.74. The van der Waals surface area contributed by atoms with Gasteiger partial charge < -0.3 is 10.2 Å². The zero-order valence-electron chi connectivity index (χ0n) is 7.94. The van der Waals surface area contributed by atoms with E-state index in [-0.39, 0.29) is 0 Å². The van der Waals surface area contributed by atoms with Gasteiger partial charge in [-0.1, -0.05) is 0 Å². The maximum absolute atomic E-state index is 10.5. The van der Waals surface area contributed by atoms with Gasteiger partial charge in [-0.15, -0.1) is 0 Å². The molecule has 0 unspecified atom stereocenters. The number of nitrogens with one attached hydrogen (secondary N) is 1. The molecule has 2 rings (SSSR count). The fourth-order valence-corrected chi connectivity index (χ4v) is 1.62. The predicted molar refractivity (Wildman–Crippen MR) is 54.7 cm³/mol. The van der Waals surface area contributed by atoms with Crippen LogP contribution in [0.1, 0.15) is 10.5 Å². The second-order valence-corrected chi connectivity index (χ2v) is 3.29. The molecule has 0 aliphatic carbocycles. The molecule has 4 heteroatoms. The van der Waals surface area contributed by atoms with Gasteiger partial charge >= 0.3 is 0 Å². The first kappa shape index (κ1) is 9.15. The third-order valence-electron chi connectivity index (χ3n) is 2.37. The number of hydrogen-bond acceptors (Lipinski definition) is 4. The lowest BCUT2D eigenvalue weighted by Gasteiger charge is -2.29. The lowest BCUT2D eigenvalue weighted by Crippen LogP contribution is -2.43. The van der Waals surface area contributed by atoms with E-state index in [9.17, 15) is 4.79 Å². The summed E-state index contributed by atoms with van der Waals surface area (Å²) in [6.07, 6.45) is 2.47. The molecule has 2 heterocycles. The molecule has 0 bridgehead atoms. The standard InChI is InChI=1S/C10H13N3O/c14-8-9-7-10(1-2-12-9)13-5-3-11-4-6-13/h1-2,7-8,11H,3-6H2. The number of aldehydes is 1. The summed E-state index contributed by atoms with van der Waals surface area (Å²) < 4.78 is 0.